The highest BCUT2D eigenvalue weighted by molar-refractivity contribution is 6.03. The molecule has 1 saturated carbocycles. The first kappa shape index (κ1) is 20.6. The minimum absolute atomic E-state index is 0.0250. The van der Waals surface area contributed by atoms with Crippen LogP contribution in [0.15, 0.2) is 41.1 Å². The van der Waals surface area contributed by atoms with Gasteiger partial charge in [0.05, 0.1) is 5.56 Å². The van der Waals surface area contributed by atoms with Gasteiger partial charge in [0, 0.05) is 73.4 Å². The first-order valence-electron chi connectivity index (χ1n) is 12.1. The fraction of sp³-hybridized carbons (Fsp3) is 0.385. The Morgan fingerprint density at radius 2 is 1.91 bits per heavy atom. The Labute approximate surface area is 202 Å². The smallest absolute Gasteiger partial charge is 0.229 e. The molecular weight excluding hydrogens is 442 g/mol. The van der Waals surface area contributed by atoms with Gasteiger partial charge in [-0.05, 0) is 44.2 Å². The maximum atomic E-state index is 12.3. The Morgan fingerprint density at radius 3 is 2.66 bits per heavy atom. The van der Waals surface area contributed by atoms with Crippen LogP contribution in [0.1, 0.15) is 12.8 Å². The lowest BCUT2D eigenvalue weighted by Gasteiger charge is -2.60. The summed E-state index contributed by atoms with van der Waals surface area (Å²) >= 11 is 0. The van der Waals surface area contributed by atoms with Crippen molar-refractivity contribution in [2.75, 3.05) is 55.8 Å². The van der Waals surface area contributed by atoms with Gasteiger partial charge in [0.15, 0.2) is 5.58 Å². The summed E-state index contributed by atoms with van der Waals surface area (Å²) in [5.41, 5.74) is 3.98. The number of hydrogen-bond donors (Lipinski definition) is 2. The molecule has 1 aromatic carbocycles. The zero-order valence-electron chi connectivity index (χ0n) is 19.8. The normalized spacial score (nSPS) is 19.1. The van der Waals surface area contributed by atoms with Gasteiger partial charge < -0.3 is 24.9 Å². The van der Waals surface area contributed by atoms with Crippen LogP contribution in [0.5, 0.6) is 0 Å². The van der Waals surface area contributed by atoms with Gasteiger partial charge >= 0.3 is 0 Å². The lowest BCUT2D eigenvalue weighted by molar-refractivity contribution is -0.117. The zero-order chi connectivity index (χ0) is 23.7. The number of benzene rings is 1. The lowest BCUT2D eigenvalue weighted by Crippen LogP contribution is -2.71. The molecule has 0 atom stereocenters. The average Bonchev–Trinajstić information content (AvgIpc) is 3.58. The first-order valence-corrected chi connectivity index (χ1v) is 12.1. The van der Waals surface area contributed by atoms with Crippen molar-refractivity contribution in [3.8, 4) is 11.5 Å². The Morgan fingerprint density at radius 1 is 1.09 bits per heavy atom. The van der Waals surface area contributed by atoms with Crippen LogP contribution >= 0.6 is 0 Å². The predicted molar refractivity (Wildman–Crippen MR) is 136 cm³/mol. The fourth-order valence-electron chi connectivity index (χ4n) is 5.62. The number of likely N-dealkylation sites (tertiary alicyclic amines) is 1. The Hall–Kier alpha value is -3.72. The lowest BCUT2D eigenvalue weighted by atomic mass is 9.73. The van der Waals surface area contributed by atoms with Gasteiger partial charge in [-0.1, -0.05) is 0 Å². The molecule has 2 aliphatic heterocycles. The molecule has 0 radical (unpaired) electrons. The number of carbonyl (C=O) groups is 1. The minimum atomic E-state index is 0.0250. The van der Waals surface area contributed by atoms with Crippen molar-refractivity contribution in [1.29, 1.82) is 0 Å². The van der Waals surface area contributed by atoms with E-state index in [1.54, 1.807) is 12.4 Å². The first-order chi connectivity index (χ1) is 17.0. The maximum absolute atomic E-state index is 12.3. The van der Waals surface area contributed by atoms with E-state index in [-0.39, 0.29) is 11.8 Å². The van der Waals surface area contributed by atoms with Crippen molar-refractivity contribution in [3.05, 3.63) is 36.7 Å². The summed E-state index contributed by atoms with van der Waals surface area (Å²) in [5.74, 6) is 1.87. The molecule has 1 aliphatic carbocycles. The van der Waals surface area contributed by atoms with Crippen LogP contribution in [0, 0.1) is 11.3 Å². The molecule has 3 aliphatic rings. The predicted octanol–water partition coefficient (Wildman–Crippen LogP) is 3.58. The van der Waals surface area contributed by atoms with Gasteiger partial charge in [-0.2, -0.15) is 0 Å². The second-order valence-corrected chi connectivity index (χ2v) is 10.3. The molecule has 1 amide bonds. The Balaban J connectivity index is 1.23. The van der Waals surface area contributed by atoms with E-state index in [0.29, 0.717) is 22.9 Å². The molecule has 0 unspecified atom stereocenters. The van der Waals surface area contributed by atoms with E-state index in [4.69, 9.17) is 9.40 Å². The van der Waals surface area contributed by atoms with Crippen molar-refractivity contribution in [3.63, 3.8) is 0 Å². The Bertz CT molecular complexity index is 1480. The van der Waals surface area contributed by atoms with E-state index in [1.807, 2.05) is 19.2 Å². The zero-order valence-corrected chi connectivity index (χ0v) is 19.8. The van der Waals surface area contributed by atoms with E-state index in [1.165, 1.54) is 18.8 Å². The Kier molecular flexibility index (Phi) is 4.36. The number of amides is 1. The number of pyridine rings is 2. The molecule has 3 fully saturated rings. The summed E-state index contributed by atoms with van der Waals surface area (Å²) in [6.07, 6.45) is 5.38. The topological polar surface area (TPSA) is 99.4 Å². The van der Waals surface area contributed by atoms with Crippen LogP contribution < -0.4 is 15.5 Å². The van der Waals surface area contributed by atoms with Crippen molar-refractivity contribution in [2.45, 2.75) is 12.8 Å². The van der Waals surface area contributed by atoms with E-state index < -0.39 is 0 Å². The molecule has 9 heteroatoms. The SMILES string of the molecule is CNc1ncc(-c2nc3cc(N4CC5(CN(C)C5)C4)ccc3o2)c2cc(NC(=O)C3CC3)ncc12. The highest BCUT2D eigenvalue weighted by Crippen LogP contribution is 2.42. The molecule has 35 heavy (non-hydrogen) atoms. The number of anilines is 3. The third kappa shape index (κ3) is 3.41. The summed E-state index contributed by atoms with van der Waals surface area (Å²) in [7, 11) is 4.01. The summed E-state index contributed by atoms with van der Waals surface area (Å²) < 4.78 is 6.17. The van der Waals surface area contributed by atoms with Crippen LogP contribution in [0.4, 0.5) is 17.3 Å². The molecule has 2 saturated heterocycles. The fourth-order valence-corrected chi connectivity index (χ4v) is 5.62. The second-order valence-electron chi connectivity index (χ2n) is 10.3. The number of hydrogen-bond acceptors (Lipinski definition) is 8. The molecule has 5 heterocycles. The van der Waals surface area contributed by atoms with Crippen molar-refractivity contribution >= 4 is 45.1 Å². The summed E-state index contributed by atoms with van der Waals surface area (Å²) in [4.78, 5) is 30.9. The van der Waals surface area contributed by atoms with E-state index in [9.17, 15) is 4.79 Å². The van der Waals surface area contributed by atoms with E-state index in [0.717, 1.165) is 53.4 Å². The highest BCUT2D eigenvalue weighted by atomic mass is 16.3. The molecule has 9 nitrogen and oxygen atoms in total. The molecule has 0 bridgehead atoms. The monoisotopic (exact) mass is 469 g/mol. The van der Waals surface area contributed by atoms with Crippen LogP contribution in [0.25, 0.3) is 33.3 Å². The van der Waals surface area contributed by atoms with Gasteiger partial charge in [0.25, 0.3) is 0 Å². The van der Waals surface area contributed by atoms with Crippen molar-refractivity contribution in [1.82, 2.24) is 19.9 Å². The molecule has 1 spiro atoms. The van der Waals surface area contributed by atoms with Gasteiger partial charge in [-0.25, -0.2) is 15.0 Å². The number of nitrogens with one attached hydrogen (secondary N) is 2. The van der Waals surface area contributed by atoms with Gasteiger partial charge in [-0.15, -0.1) is 0 Å². The van der Waals surface area contributed by atoms with Crippen LogP contribution in [0.3, 0.4) is 0 Å². The molecule has 4 aromatic rings. The molecule has 2 N–H and O–H groups in total. The van der Waals surface area contributed by atoms with E-state index >= 15 is 0 Å². The molecule has 7 rings (SSSR count). The summed E-state index contributed by atoms with van der Waals surface area (Å²) in [5, 5.41) is 7.77. The number of aromatic nitrogens is 3. The number of rotatable bonds is 5. The van der Waals surface area contributed by atoms with Crippen molar-refractivity contribution < 1.29 is 9.21 Å². The van der Waals surface area contributed by atoms with Crippen LogP contribution in [0.2, 0.25) is 0 Å². The molecule has 178 valence electrons. The molecular formula is C26H27N7O2. The number of oxazole rings is 1. The standard InChI is InChI=1S/C26H27N7O2/c1-27-23-18-9-28-22(31-24(34)15-3-4-15)8-17(18)19(10-29-23)25-30-20-7-16(5-6-21(20)35-25)33-13-26(14-33)11-32(2)12-26/h5-10,15H,3-4,11-14H2,1-2H3,(H,27,29)(H,28,31,34). The number of carbonyl (C=O) groups excluding carboxylic acids is 1. The third-order valence-corrected chi connectivity index (χ3v) is 7.44. The minimum Gasteiger partial charge on any atom is -0.436 e. The van der Waals surface area contributed by atoms with Crippen LogP contribution in [-0.2, 0) is 4.79 Å². The largest absolute Gasteiger partial charge is 0.436 e. The van der Waals surface area contributed by atoms with Crippen molar-refractivity contribution in [2.24, 2.45) is 11.3 Å². The van der Waals surface area contributed by atoms with E-state index in [2.05, 4.69) is 49.6 Å². The number of fused-ring (bicyclic) bond motifs is 2. The van der Waals surface area contributed by atoms with Gasteiger partial charge in [-0.3, -0.25) is 4.79 Å². The van der Waals surface area contributed by atoms with Crippen LogP contribution in [-0.4, -0.2) is 66.0 Å². The maximum Gasteiger partial charge on any atom is 0.229 e. The van der Waals surface area contributed by atoms with Gasteiger partial charge in [0.2, 0.25) is 11.8 Å². The average molecular weight is 470 g/mol. The third-order valence-electron chi connectivity index (χ3n) is 7.44. The summed E-state index contributed by atoms with van der Waals surface area (Å²) in [6.45, 7) is 4.55. The van der Waals surface area contributed by atoms with Gasteiger partial charge in [0.1, 0.15) is 17.2 Å². The number of nitrogens with zero attached hydrogens (tertiary/aromatic N) is 5. The highest BCUT2D eigenvalue weighted by Gasteiger charge is 2.50. The molecule has 3 aromatic heterocycles. The second kappa shape index (κ2) is 7.39. The quantitative estimate of drug-likeness (QED) is 0.458. The summed E-state index contributed by atoms with van der Waals surface area (Å²) in [6, 6.07) is 8.10.